The summed E-state index contributed by atoms with van der Waals surface area (Å²) >= 11 is 1.67. The molecule has 0 N–H and O–H groups in total. The second-order valence-corrected chi connectivity index (χ2v) is 6.40. The Morgan fingerprint density at radius 3 is 2.56 bits per heavy atom. The standard InChI is InChI=1S/C17H19NOS.C3H6O2/c1-13(2)10-17-18-16(12-20-17)9-8-14-6-4-5-7-15(14)11-19-3;1-3(4)5-2/h4-12,14H,1-3H3;1-2H3/b9-8+,15-11+;. The molecule has 1 unspecified atom stereocenters. The van der Waals surface area contributed by atoms with Crippen LogP contribution in [0.4, 0.5) is 0 Å². The van der Waals surface area contributed by atoms with Crippen molar-refractivity contribution in [3.63, 3.8) is 0 Å². The van der Waals surface area contributed by atoms with Crippen LogP contribution in [0.15, 0.2) is 53.2 Å². The average Bonchev–Trinajstić information content (AvgIpc) is 3.01. The lowest BCUT2D eigenvalue weighted by molar-refractivity contribution is -0.137. The highest BCUT2D eigenvalue weighted by Gasteiger charge is 2.08. The maximum absolute atomic E-state index is 9.59. The van der Waals surface area contributed by atoms with E-state index in [4.69, 9.17) is 4.74 Å². The topological polar surface area (TPSA) is 48.4 Å². The Bertz CT molecular complexity index is 704. The number of nitrogens with zero attached hydrogens (tertiary/aromatic N) is 1. The molecule has 0 saturated carbocycles. The molecule has 4 nitrogen and oxygen atoms in total. The van der Waals surface area contributed by atoms with Crippen molar-refractivity contribution in [1.82, 2.24) is 4.98 Å². The summed E-state index contributed by atoms with van der Waals surface area (Å²) in [5, 5.41) is 3.13. The van der Waals surface area contributed by atoms with Crippen LogP contribution >= 0.6 is 11.3 Å². The summed E-state index contributed by atoms with van der Waals surface area (Å²) in [6.07, 6.45) is 16.4. The highest BCUT2D eigenvalue weighted by atomic mass is 32.1. The predicted octanol–water partition coefficient (Wildman–Crippen LogP) is 5.03. The van der Waals surface area contributed by atoms with E-state index < -0.39 is 0 Å². The molecule has 5 heteroatoms. The highest BCUT2D eigenvalue weighted by molar-refractivity contribution is 7.10. The third-order valence-electron chi connectivity index (χ3n) is 3.07. The molecular weight excluding hydrogens is 334 g/mol. The van der Waals surface area contributed by atoms with Gasteiger partial charge in [0.2, 0.25) is 0 Å². The molecular formula is C20H25NO3S. The van der Waals surface area contributed by atoms with E-state index in [0.717, 1.165) is 16.3 Å². The van der Waals surface area contributed by atoms with Gasteiger partial charge in [0.15, 0.2) is 0 Å². The van der Waals surface area contributed by atoms with E-state index in [9.17, 15) is 4.79 Å². The van der Waals surface area contributed by atoms with Gasteiger partial charge in [-0.05, 0) is 31.6 Å². The van der Waals surface area contributed by atoms with Gasteiger partial charge in [0.05, 0.1) is 26.2 Å². The monoisotopic (exact) mass is 359 g/mol. The predicted molar refractivity (Wildman–Crippen MR) is 105 cm³/mol. The van der Waals surface area contributed by atoms with Gasteiger partial charge in [0, 0.05) is 18.2 Å². The molecule has 0 bridgehead atoms. The molecule has 134 valence electrons. The second-order valence-electron chi connectivity index (χ2n) is 5.51. The minimum atomic E-state index is -0.245. The van der Waals surface area contributed by atoms with Gasteiger partial charge in [0.1, 0.15) is 5.01 Å². The summed E-state index contributed by atoms with van der Waals surface area (Å²) in [5.41, 5.74) is 3.41. The van der Waals surface area contributed by atoms with E-state index in [1.165, 1.54) is 19.6 Å². The molecule has 0 aromatic carbocycles. The lowest BCUT2D eigenvalue weighted by Crippen LogP contribution is -1.98. The molecule has 1 aromatic rings. The Hall–Kier alpha value is -2.40. The average molecular weight is 359 g/mol. The fraction of sp³-hybridized carbons (Fsp3) is 0.300. The van der Waals surface area contributed by atoms with Crippen LogP contribution in [-0.4, -0.2) is 25.2 Å². The van der Waals surface area contributed by atoms with Gasteiger partial charge in [-0.25, -0.2) is 4.98 Å². The number of hydrogen-bond donors (Lipinski definition) is 0. The molecule has 0 aliphatic heterocycles. The van der Waals surface area contributed by atoms with Gasteiger partial charge in [0.25, 0.3) is 0 Å². The van der Waals surface area contributed by atoms with Crippen molar-refractivity contribution in [2.45, 2.75) is 20.8 Å². The lowest BCUT2D eigenvalue weighted by atomic mass is 9.95. The highest BCUT2D eigenvalue weighted by Crippen LogP contribution is 2.22. The van der Waals surface area contributed by atoms with Crippen LogP contribution < -0.4 is 0 Å². The third kappa shape index (κ3) is 8.31. The van der Waals surface area contributed by atoms with Crippen molar-refractivity contribution in [1.29, 1.82) is 0 Å². The van der Waals surface area contributed by atoms with Crippen LogP contribution in [-0.2, 0) is 14.3 Å². The number of hydrogen-bond acceptors (Lipinski definition) is 5. The normalized spacial score (nSPS) is 17.2. The molecule has 0 fully saturated rings. The smallest absolute Gasteiger partial charge is 0.302 e. The molecule has 0 radical (unpaired) electrons. The minimum absolute atomic E-state index is 0.244. The molecule has 1 aliphatic rings. The molecule has 1 aliphatic carbocycles. The first-order valence-corrected chi connectivity index (χ1v) is 8.75. The molecule has 2 rings (SSSR count). The number of carbonyl (C=O) groups is 1. The first kappa shape index (κ1) is 20.6. The van der Waals surface area contributed by atoms with E-state index in [-0.39, 0.29) is 11.9 Å². The van der Waals surface area contributed by atoms with Crippen molar-refractivity contribution >= 4 is 29.5 Å². The summed E-state index contributed by atoms with van der Waals surface area (Å²) in [5.74, 6) is -0.00134. The van der Waals surface area contributed by atoms with Crippen molar-refractivity contribution in [2.24, 2.45) is 5.92 Å². The van der Waals surface area contributed by atoms with E-state index in [2.05, 4.69) is 65.4 Å². The van der Waals surface area contributed by atoms with E-state index in [1.807, 2.05) is 6.08 Å². The number of rotatable bonds is 4. The van der Waals surface area contributed by atoms with Crippen molar-refractivity contribution in [3.05, 3.63) is 63.9 Å². The maximum Gasteiger partial charge on any atom is 0.302 e. The van der Waals surface area contributed by atoms with Crippen molar-refractivity contribution in [2.75, 3.05) is 14.2 Å². The largest absolute Gasteiger partial charge is 0.504 e. The van der Waals surface area contributed by atoms with Crippen LogP contribution in [0, 0.1) is 5.92 Å². The summed E-state index contributed by atoms with van der Waals surface area (Å²) in [6.45, 7) is 5.52. The molecule has 1 heterocycles. The first-order valence-electron chi connectivity index (χ1n) is 7.87. The first-order chi connectivity index (χ1) is 12.0. The van der Waals surface area contributed by atoms with E-state index in [0.29, 0.717) is 0 Å². The quantitative estimate of drug-likeness (QED) is 0.559. The number of thiazole rings is 1. The minimum Gasteiger partial charge on any atom is -0.504 e. The van der Waals surface area contributed by atoms with E-state index in [1.54, 1.807) is 24.7 Å². The number of esters is 1. The molecule has 1 atom stereocenters. The van der Waals surface area contributed by atoms with Crippen LogP contribution in [0.5, 0.6) is 0 Å². The van der Waals surface area contributed by atoms with Crippen molar-refractivity contribution < 1.29 is 14.3 Å². The number of allylic oxidation sites excluding steroid dienone is 7. The Kier molecular flexibility index (Phi) is 9.25. The molecule has 0 saturated heterocycles. The van der Waals surface area contributed by atoms with Gasteiger partial charge < -0.3 is 9.47 Å². The number of aromatic nitrogens is 1. The Balaban J connectivity index is 0.000000550. The number of ether oxygens (including phenoxy) is 2. The Labute approximate surface area is 153 Å². The lowest BCUT2D eigenvalue weighted by Gasteiger charge is -2.11. The molecule has 25 heavy (non-hydrogen) atoms. The van der Waals surface area contributed by atoms with Crippen LogP contribution in [0.3, 0.4) is 0 Å². The number of methoxy groups -OCH3 is 2. The SMILES string of the molecule is CO/C=C1\C=CC=CC1/C=C/c1csc(C=C(C)C)n1.COC(C)=O. The van der Waals surface area contributed by atoms with Crippen LogP contribution in [0.25, 0.3) is 12.2 Å². The summed E-state index contributed by atoms with van der Waals surface area (Å²) in [6, 6.07) is 0. The second kappa shape index (κ2) is 11.2. The molecule has 1 aromatic heterocycles. The zero-order valence-electron chi connectivity index (χ0n) is 15.4. The zero-order valence-corrected chi connectivity index (χ0v) is 16.2. The Morgan fingerprint density at radius 1 is 1.24 bits per heavy atom. The van der Waals surface area contributed by atoms with Crippen molar-refractivity contribution in [3.8, 4) is 0 Å². The molecule has 0 amide bonds. The van der Waals surface area contributed by atoms with E-state index >= 15 is 0 Å². The van der Waals surface area contributed by atoms with Crippen LogP contribution in [0.1, 0.15) is 31.5 Å². The fourth-order valence-electron chi connectivity index (χ4n) is 1.89. The summed E-state index contributed by atoms with van der Waals surface area (Å²) in [4.78, 5) is 14.2. The van der Waals surface area contributed by atoms with Gasteiger partial charge in [-0.15, -0.1) is 11.3 Å². The van der Waals surface area contributed by atoms with Gasteiger partial charge in [-0.3, -0.25) is 4.79 Å². The third-order valence-corrected chi connectivity index (χ3v) is 3.88. The summed E-state index contributed by atoms with van der Waals surface area (Å²) in [7, 11) is 3.02. The maximum atomic E-state index is 9.59. The Morgan fingerprint density at radius 2 is 1.96 bits per heavy atom. The molecule has 0 spiro atoms. The zero-order chi connectivity index (χ0) is 18.7. The number of carbonyl (C=O) groups excluding carboxylic acids is 1. The van der Waals surface area contributed by atoms with Gasteiger partial charge in [-0.1, -0.05) is 36.0 Å². The van der Waals surface area contributed by atoms with Crippen LogP contribution in [0.2, 0.25) is 0 Å². The summed E-state index contributed by atoms with van der Waals surface area (Å²) < 4.78 is 9.22. The fourth-order valence-corrected chi connectivity index (χ4v) is 2.73. The van der Waals surface area contributed by atoms with Gasteiger partial charge >= 0.3 is 5.97 Å². The van der Waals surface area contributed by atoms with Gasteiger partial charge in [-0.2, -0.15) is 0 Å².